The van der Waals surface area contributed by atoms with Crippen molar-refractivity contribution in [2.24, 2.45) is 5.10 Å². The highest BCUT2D eigenvalue weighted by molar-refractivity contribution is 5.96. The molecule has 0 unspecified atom stereocenters. The number of amides is 2. The van der Waals surface area contributed by atoms with Gasteiger partial charge in [-0.05, 0) is 42.8 Å². The van der Waals surface area contributed by atoms with Crippen LogP contribution in [-0.2, 0) is 4.79 Å². The van der Waals surface area contributed by atoms with E-state index in [9.17, 15) is 14.7 Å². The number of benzene rings is 2. The molecule has 7 heteroatoms. The summed E-state index contributed by atoms with van der Waals surface area (Å²) in [7, 11) is 1.45. The fourth-order valence-electron chi connectivity index (χ4n) is 2.19. The third-order valence-electron chi connectivity index (χ3n) is 3.53. The Kier molecular flexibility index (Phi) is 6.73. The van der Waals surface area contributed by atoms with Crippen LogP contribution in [0.15, 0.2) is 47.6 Å². The molecule has 0 spiro atoms. The zero-order chi connectivity index (χ0) is 18.9. The standard InChI is InChI=1S/C19H21N3O4/c1-3-5-17(23)21-15-10-8-13(9-11-15)19(25)22-20-12-14-6-4-7-16(26-2)18(14)24/h4,6-12,24H,3,5H2,1-2H3,(H,21,23)(H,22,25)/b20-12+. The Hall–Kier alpha value is -3.35. The SMILES string of the molecule is CCCC(=O)Nc1ccc(C(=O)N/N=C/c2cccc(OC)c2O)cc1. The fourth-order valence-corrected chi connectivity index (χ4v) is 2.19. The summed E-state index contributed by atoms with van der Waals surface area (Å²) in [6.07, 6.45) is 2.55. The van der Waals surface area contributed by atoms with E-state index in [2.05, 4.69) is 15.8 Å². The van der Waals surface area contributed by atoms with Crippen LogP contribution in [0.1, 0.15) is 35.7 Å². The van der Waals surface area contributed by atoms with Crippen molar-refractivity contribution in [3.05, 3.63) is 53.6 Å². The molecule has 2 aromatic carbocycles. The van der Waals surface area contributed by atoms with Gasteiger partial charge in [-0.2, -0.15) is 5.10 Å². The number of anilines is 1. The first-order valence-corrected chi connectivity index (χ1v) is 8.14. The lowest BCUT2D eigenvalue weighted by molar-refractivity contribution is -0.116. The number of ether oxygens (including phenoxy) is 1. The molecule has 0 aliphatic rings. The molecule has 2 aromatic rings. The molecule has 0 saturated carbocycles. The number of nitrogens with one attached hydrogen (secondary N) is 2. The van der Waals surface area contributed by atoms with Crippen molar-refractivity contribution < 1.29 is 19.4 Å². The van der Waals surface area contributed by atoms with Crippen LogP contribution in [0.3, 0.4) is 0 Å². The summed E-state index contributed by atoms with van der Waals surface area (Å²) in [5.41, 5.74) is 3.82. The molecule has 0 fully saturated rings. The summed E-state index contributed by atoms with van der Waals surface area (Å²) in [5.74, 6) is -0.205. The van der Waals surface area contributed by atoms with E-state index in [0.29, 0.717) is 29.0 Å². The van der Waals surface area contributed by atoms with Crippen LogP contribution in [0.5, 0.6) is 11.5 Å². The van der Waals surface area contributed by atoms with Crippen LogP contribution in [0, 0.1) is 0 Å². The lowest BCUT2D eigenvalue weighted by Gasteiger charge is -2.06. The second-order valence-corrected chi connectivity index (χ2v) is 5.47. The number of hydrogen-bond donors (Lipinski definition) is 3. The number of para-hydroxylation sites is 1. The van der Waals surface area contributed by atoms with Crippen molar-refractivity contribution in [3.8, 4) is 11.5 Å². The van der Waals surface area contributed by atoms with Crippen LogP contribution >= 0.6 is 0 Å². The molecule has 0 atom stereocenters. The number of carbonyl (C=O) groups is 2. The fraction of sp³-hybridized carbons (Fsp3) is 0.211. The molecule has 0 saturated heterocycles. The number of nitrogens with zero attached hydrogens (tertiary/aromatic N) is 1. The van der Waals surface area contributed by atoms with Crippen molar-refractivity contribution in [2.75, 3.05) is 12.4 Å². The summed E-state index contributed by atoms with van der Waals surface area (Å²) in [4.78, 5) is 23.6. The van der Waals surface area contributed by atoms with Gasteiger partial charge in [0, 0.05) is 23.2 Å². The van der Waals surface area contributed by atoms with Gasteiger partial charge in [-0.15, -0.1) is 0 Å². The Bertz CT molecular complexity index is 801. The van der Waals surface area contributed by atoms with E-state index in [1.165, 1.54) is 13.3 Å². The topological polar surface area (TPSA) is 100 Å². The molecular formula is C19H21N3O4. The van der Waals surface area contributed by atoms with Gasteiger partial charge < -0.3 is 15.2 Å². The Morgan fingerprint density at radius 2 is 1.92 bits per heavy atom. The molecule has 0 heterocycles. The van der Waals surface area contributed by atoms with Gasteiger partial charge in [-0.3, -0.25) is 9.59 Å². The molecule has 136 valence electrons. The highest BCUT2D eigenvalue weighted by Gasteiger charge is 2.07. The van der Waals surface area contributed by atoms with Gasteiger partial charge in [-0.1, -0.05) is 13.0 Å². The Labute approximate surface area is 151 Å². The predicted molar refractivity (Wildman–Crippen MR) is 99.7 cm³/mol. The van der Waals surface area contributed by atoms with E-state index in [0.717, 1.165) is 6.42 Å². The van der Waals surface area contributed by atoms with Crippen molar-refractivity contribution in [3.63, 3.8) is 0 Å². The Morgan fingerprint density at radius 3 is 2.58 bits per heavy atom. The van der Waals surface area contributed by atoms with Gasteiger partial charge in [0.2, 0.25) is 5.91 Å². The maximum atomic E-state index is 12.1. The van der Waals surface area contributed by atoms with Gasteiger partial charge in [0.05, 0.1) is 13.3 Å². The van der Waals surface area contributed by atoms with E-state index in [1.807, 2.05) is 6.92 Å². The summed E-state index contributed by atoms with van der Waals surface area (Å²) in [6.45, 7) is 1.93. The second kappa shape index (κ2) is 9.22. The van der Waals surface area contributed by atoms with E-state index in [1.54, 1.807) is 42.5 Å². The quantitative estimate of drug-likeness (QED) is 0.525. The summed E-state index contributed by atoms with van der Waals surface area (Å²) >= 11 is 0. The third-order valence-corrected chi connectivity index (χ3v) is 3.53. The van der Waals surface area contributed by atoms with E-state index >= 15 is 0 Å². The maximum Gasteiger partial charge on any atom is 0.271 e. The molecule has 0 radical (unpaired) electrons. The van der Waals surface area contributed by atoms with Crippen molar-refractivity contribution in [1.29, 1.82) is 0 Å². The van der Waals surface area contributed by atoms with E-state index in [-0.39, 0.29) is 11.7 Å². The number of hydrazone groups is 1. The highest BCUT2D eigenvalue weighted by Crippen LogP contribution is 2.27. The molecule has 2 rings (SSSR count). The largest absolute Gasteiger partial charge is 0.504 e. The van der Waals surface area contributed by atoms with Crippen molar-refractivity contribution in [2.45, 2.75) is 19.8 Å². The number of rotatable bonds is 7. The lowest BCUT2D eigenvalue weighted by Crippen LogP contribution is -2.17. The maximum absolute atomic E-state index is 12.1. The average molecular weight is 355 g/mol. The van der Waals surface area contributed by atoms with Gasteiger partial charge in [0.25, 0.3) is 5.91 Å². The predicted octanol–water partition coefficient (Wildman–Crippen LogP) is 2.90. The second-order valence-electron chi connectivity index (χ2n) is 5.47. The highest BCUT2D eigenvalue weighted by atomic mass is 16.5. The minimum absolute atomic E-state index is 0.0554. The van der Waals surface area contributed by atoms with Crippen LogP contribution in [-0.4, -0.2) is 30.2 Å². The first-order valence-electron chi connectivity index (χ1n) is 8.14. The molecule has 2 amide bonds. The number of carbonyl (C=O) groups excluding carboxylic acids is 2. The first-order chi connectivity index (χ1) is 12.5. The number of aromatic hydroxyl groups is 1. The minimum atomic E-state index is -0.407. The number of hydrogen-bond acceptors (Lipinski definition) is 5. The van der Waals surface area contributed by atoms with E-state index < -0.39 is 5.91 Å². The van der Waals surface area contributed by atoms with E-state index in [4.69, 9.17) is 4.74 Å². The number of methoxy groups -OCH3 is 1. The molecule has 7 nitrogen and oxygen atoms in total. The molecule has 0 aliphatic heterocycles. The lowest BCUT2D eigenvalue weighted by atomic mass is 10.2. The molecule has 26 heavy (non-hydrogen) atoms. The smallest absolute Gasteiger partial charge is 0.271 e. The normalized spacial score (nSPS) is 10.5. The summed E-state index contributed by atoms with van der Waals surface area (Å²) in [5, 5.41) is 16.5. The van der Waals surface area contributed by atoms with Crippen LogP contribution < -0.4 is 15.5 Å². The number of phenols is 1. The van der Waals surface area contributed by atoms with Crippen LogP contribution in [0.2, 0.25) is 0 Å². The number of phenolic OH excluding ortho intramolecular Hbond substituents is 1. The molecule has 0 aromatic heterocycles. The first kappa shape index (κ1) is 19.0. The van der Waals surface area contributed by atoms with Gasteiger partial charge >= 0.3 is 0 Å². The molecule has 0 aliphatic carbocycles. The van der Waals surface area contributed by atoms with Crippen LogP contribution in [0.4, 0.5) is 5.69 Å². The Morgan fingerprint density at radius 1 is 1.19 bits per heavy atom. The zero-order valence-electron chi connectivity index (χ0n) is 14.7. The van der Waals surface area contributed by atoms with Gasteiger partial charge in [-0.25, -0.2) is 5.43 Å². The summed E-state index contributed by atoms with van der Waals surface area (Å²) < 4.78 is 5.01. The van der Waals surface area contributed by atoms with Crippen LogP contribution in [0.25, 0.3) is 0 Å². The monoisotopic (exact) mass is 355 g/mol. The Balaban J connectivity index is 1.96. The van der Waals surface area contributed by atoms with Crippen molar-refractivity contribution >= 4 is 23.7 Å². The average Bonchev–Trinajstić information content (AvgIpc) is 2.64. The third kappa shape index (κ3) is 5.07. The molecule has 0 bridgehead atoms. The van der Waals surface area contributed by atoms with Gasteiger partial charge in [0.1, 0.15) is 0 Å². The van der Waals surface area contributed by atoms with Gasteiger partial charge in [0.15, 0.2) is 11.5 Å². The minimum Gasteiger partial charge on any atom is -0.504 e. The summed E-state index contributed by atoms with van der Waals surface area (Å²) in [6, 6.07) is 11.5. The molecular weight excluding hydrogens is 334 g/mol. The van der Waals surface area contributed by atoms with Crippen molar-refractivity contribution in [1.82, 2.24) is 5.43 Å². The zero-order valence-corrected chi connectivity index (χ0v) is 14.7. The molecule has 3 N–H and O–H groups in total.